The number of carbonyl (C=O) groups excluding carboxylic acids is 1. The molecule has 3 rings (SSSR count). The third-order valence-corrected chi connectivity index (χ3v) is 3.89. The Hall–Kier alpha value is -1.65. The molecule has 2 aromatic heterocycles. The summed E-state index contributed by atoms with van der Waals surface area (Å²) in [7, 11) is 0. The number of halogens is 2. The van der Waals surface area contributed by atoms with E-state index in [2.05, 4.69) is 25.9 Å². The molecular formula is C14H8BrClN2O. The van der Waals surface area contributed by atoms with Gasteiger partial charge in [-0.25, -0.2) is 4.98 Å². The predicted octanol–water partition coefficient (Wildman–Crippen LogP) is 4.21. The number of ketones is 1. The van der Waals surface area contributed by atoms with Crippen LogP contribution >= 0.6 is 27.5 Å². The Labute approximate surface area is 122 Å². The zero-order valence-electron chi connectivity index (χ0n) is 9.65. The number of H-pyrrole nitrogens is 1. The van der Waals surface area contributed by atoms with Gasteiger partial charge < -0.3 is 4.98 Å². The van der Waals surface area contributed by atoms with Crippen molar-refractivity contribution in [3.63, 3.8) is 0 Å². The number of aromatic amines is 1. The van der Waals surface area contributed by atoms with Crippen molar-refractivity contribution in [1.29, 1.82) is 0 Å². The van der Waals surface area contributed by atoms with E-state index in [-0.39, 0.29) is 5.78 Å². The first kappa shape index (κ1) is 12.4. The maximum Gasteiger partial charge on any atom is 0.196 e. The van der Waals surface area contributed by atoms with E-state index in [1.165, 1.54) is 0 Å². The average molecular weight is 336 g/mol. The first-order valence-corrected chi connectivity index (χ1v) is 6.76. The van der Waals surface area contributed by atoms with Gasteiger partial charge >= 0.3 is 0 Å². The van der Waals surface area contributed by atoms with E-state index in [1.54, 1.807) is 24.5 Å². The number of rotatable bonds is 2. The molecule has 0 saturated carbocycles. The van der Waals surface area contributed by atoms with Crippen molar-refractivity contribution in [2.45, 2.75) is 0 Å². The Morgan fingerprint density at radius 3 is 2.79 bits per heavy atom. The number of pyridine rings is 1. The Balaban J connectivity index is 2.21. The number of fused-ring (bicyclic) bond motifs is 1. The van der Waals surface area contributed by atoms with E-state index in [9.17, 15) is 4.79 Å². The average Bonchev–Trinajstić information content (AvgIpc) is 2.84. The highest BCUT2D eigenvalue weighted by molar-refractivity contribution is 9.10. The van der Waals surface area contributed by atoms with Crippen LogP contribution in [0.1, 0.15) is 15.9 Å². The van der Waals surface area contributed by atoms with Gasteiger partial charge in [0.1, 0.15) is 5.65 Å². The molecule has 0 bridgehead atoms. The minimum absolute atomic E-state index is 0.0892. The minimum Gasteiger partial charge on any atom is -0.345 e. The molecule has 0 amide bonds. The standard InChI is InChI=1S/C14H8BrClN2O/c15-10-4-2-1-3-8(10)13(19)9-7-18-14-12(9)11(16)5-6-17-14/h1-7H,(H,17,18). The number of aromatic nitrogens is 2. The van der Waals surface area contributed by atoms with Gasteiger partial charge in [0.05, 0.1) is 10.6 Å². The van der Waals surface area contributed by atoms with Gasteiger partial charge in [0.2, 0.25) is 0 Å². The maximum atomic E-state index is 12.6. The van der Waals surface area contributed by atoms with Crippen LogP contribution in [0.25, 0.3) is 11.0 Å². The smallest absolute Gasteiger partial charge is 0.196 e. The number of hydrogen-bond donors (Lipinski definition) is 1. The number of nitrogens with zero attached hydrogens (tertiary/aromatic N) is 1. The highest BCUT2D eigenvalue weighted by Crippen LogP contribution is 2.28. The normalized spacial score (nSPS) is 10.8. The van der Waals surface area contributed by atoms with Crippen molar-refractivity contribution < 1.29 is 4.79 Å². The van der Waals surface area contributed by atoms with Crippen LogP contribution in [0.15, 0.2) is 47.2 Å². The number of hydrogen-bond acceptors (Lipinski definition) is 2. The molecule has 0 atom stereocenters. The second-order valence-corrected chi connectivity index (χ2v) is 5.29. The van der Waals surface area contributed by atoms with Crippen molar-refractivity contribution >= 4 is 44.3 Å². The summed E-state index contributed by atoms with van der Waals surface area (Å²) in [5.41, 5.74) is 1.74. The summed E-state index contributed by atoms with van der Waals surface area (Å²) in [6, 6.07) is 8.98. The Bertz CT molecular complexity index is 782. The highest BCUT2D eigenvalue weighted by Gasteiger charge is 2.18. The molecule has 1 aromatic carbocycles. The van der Waals surface area contributed by atoms with Crippen LogP contribution in [0.3, 0.4) is 0 Å². The molecule has 0 aliphatic rings. The van der Waals surface area contributed by atoms with Gasteiger partial charge in [0.25, 0.3) is 0 Å². The Morgan fingerprint density at radius 1 is 1.21 bits per heavy atom. The summed E-state index contributed by atoms with van der Waals surface area (Å²) in [5.74, 6) is -0.0892. The summed E-state index contributed by atoms with van der Waals surface area (Å²) >= 11 is 9.54. The van der Waals surface area contributed by atoms with Gasteiger partial charge in [-0.1, -0.05) is 39.7 Å². The molecule has 0 saturated heterocycles. The monoisotopic (exact) mass is 334 g/mol. The molecule has 0 radical (unpaired) electrons. The molecule has 94 valence electrons. The van der Waals surface area contributed by atoms with Crippen LogP contribution in [0.5, 0.6) is 0 Å². The van der Waals surface area contributed by atoms with Gasteiger partial charge in [0.15, 0.2) is 5.78 Å². The second-order valence-electron chi connectivity index (χ2n) is 4.03. The molecule has 0 spiro atoms. The molecule has 3 aromatic rings. The third kappa shape index (κ3) is 2.07. The zero-order chi connectivity index (χ0) is 13.4. The van der Waals surface area contributed by atoms with Crippen LogP contribution in [0.2, 0.25) is 5.02 Å². The SMILES string of the molecule is O=C(c1ccccc1Br)c1c[nH]c2nccc(Cl)c12. The number of benzene rings is 1. The molecule has 0 fully saturated rings. The van der Waals surface area contributed by atoms with E-state index in [0.717, 1.165) is 4.47 Å². The van der Waals surface area contributed by atoms with Crippen molar-refractivity contribution in [1.82, 2.24) is 9.97 Å². The lowest BCUT2D eigenvalue weighted by Crippen LogP contribution is -2.01. The summed E-state index contributed by atoms with van der Waals surface area (Å²) in [6.45, 7) is 0. The predicted molar refractivity (Wildman–Crippen MR) is 78.7 cm³/mol. The van der Waals surface area contributed by atoms with Gasteiger partial charge in [-0.15, -0.1) is 0 Å². The van der Waals surface area contributed by atoms with E-state index in [1.807, 2.05) is 18.2 Å². The van der Waals surface area contributed by atoms with Crippen molar-refractivity contribution in [2.75, 3.05) is 0 Å². The van der Waals surface area contributed by atoms with Gasteiger partial charge in [0, 0.05) is 27.8 Å². The molecule has 0 aliphatic heterocycles. The highest BCUT2D eigenvalue weighted by atomic mass is 79.9. The lowest BCUT2D eigenvalue weighted by Gasteiger charge is -2.03. The molecule has 2 heterocycles. The largest absolute Gasteiger partial charge is 0.345 e. The minimum atomic E-state index is -0.0892. The fourth-order valence-corrected chi connectivity index (χ4v) is 2.70. The Kier molecular flexibility index (Phi) is 3.12. The summed E-state index contributed by atoms with van der Waals surface area (Å²) in [5, 5.41) is 1.17. The van der Waals surface area contributed by atoms with Crippen molar-refractivity contribution in [3.05, 3.63) is 63.3 Å². The number of carbonyl (C=O) groups is 1. The lowest BCUT2D eigenvalue weighted by molar-refractivity contribution is 0.103. The van der Waals surface area contributed by atoms with Crippen LogP contribution < -0.4 is 0 Å². The molecule has 0 unspecified atom stereocenters. The van der Waals surface area contributed by atoms with Crippen LogP contribution in [0.4, 0.5) is 0 Å². The lowest BCUT2D eigenvalue weighted by atomic mass is 10.0. The first-order chi connectivity index (χ1) is 9.18. The van der Waals surface area contributed by atoms with Crippen LogP contribution in [0, 0.1) is 0 Å². The van der Waals surface area contributed by atoms with Crippen molar-refractivity contribution in [2.24, 2.45) is 0 Å². The first-order valence-electron chi connectivity index (χ1n) is 5.59. The van der Waals surface area contributed by atoms with Crippen molar-refractivity contribution in [3.8, 4) is 0 Å². The number of nitrogens with one attached hydrogen (secondary N) is 1. The second kappa shape index (κ2) is 4.79. The van der Waals surface area contributed by atoms with E-state index >= 15 is 0 Å². The molecular weight excluding hydrogens is 328 g/mol. The van der Waals surface area contributed by atoms with Gasteiger partial charge in [-0.2, -0.15) is 0 Å². The van der Waals surface area contributed by atoms with Crippen LogP contribution in [-0.2, 0) is 0 Å². The quantitative estimate of drug-likeness (QED) is 0.713. The Morgan fingerprint density at radius 2 is 2.00 bits per heavy atom. The van der Waals surface area contributed by atoms with Gasteiger partial charge in [-0.3, -0.25) is 4.79 Å². The fraction of sp³-hybridized carbons (Fsp3) is 0. The molecule has 5 heteroatoms. The topological polar surface area (TPSA) is 45.8 Å². The molecule has 1 N–H and O–H groups in total. The van der Waals surface area contributed by atoms with E-state index in [0.29, 0.717) is 27.2 Å². The molecule has 0 aliphatic carbocycles. The zero-order valence-corrected chi connectivity index (χ0v) is 12.0. The van der Waals surface area contributed by atoms with E-state index in [4.69, 9.17) is 11.6 Å². The van der Waals surface area contributed by atoms with E-state index < -0.39 is 0 Å². The summed E-state index contributed by atoms with van der Waals surface area (Å²) in [6.07, 6.45) is 3.25. The third-order valence-electron chi connectivity index (χ3n) is 2.89. The maximum absolute atomic E-state index is 12.6. The summed E-state index contributed by atoms with van der Waals surface area (Å²) < 4.78 is 0.759. The fourth-order valence-electron chi connectivity index (χ4n) is 1.99. The summed E-state index contributed by atoms with van der Waals surface area (Å²) in [4.78, 5) is 19.7. The van der Waals surface area contributed by atoms with Gasteiger partial charge in [-0.05, 0) is 18.2 Å². The molecule has 19 heavy (non-hydrogen) atoms. The molecule has 3 nitrogen and oxygen atoms in total. The van der Waals surface area contributed by atoms with Crippen LogP contribution in [-0.4, -0.2) is 15.8 Å².